The van der Waals surface area contributed by atoms with Gasteiger partial charge in [0.05, 0.1) is 5.39 Å². The maximum absolute atomic E-state index is 4.74. The van der Waals surface area contributed by atoms with Crippen molar-refractivity contribution in [3.05, 3.63) is 53.5 Å². The summed E-state index contributed by atoms with van der Waals surface area (Å²) < 4.78 is 0. The molecule has 0 saturated carbocycles. The number of fused-ring (bicyclic) bond motifs is 1. The molecule has 1 aliphatic heterocycles. The van der Waals surface area contributed by atoms with E-state index in [9.17, 15) is 0 Å². The lowest BCUT2D eigenvalue weighted by Crippen LogP contribution is -2.35. The predicted molar refractivity (Wildman–Crippen MR) is 98.4 cm³/mol. The third-order valence-electron chi connectivity index (χ3n) is 5.00. The zero-order chi connectivity index (χ0) is 16.5. The quantitative estimate of drug-likeness (QED) is 0.792. The number of nitrogens with zero attached hydrogens (tertiary/aromatic N) is 3. The number of rotatable bonds is 3. The van der Waals surface area contributed by atoms with Gasteiger partial charge in [0.15, 0.2) is 0 Å². The van der Waals surface area contributed by atoms with Gasteiger partial charge < -0.3 is 9.88 Å². The van der Waals surface area contributed by atoms with Gasteiger partial charge in [-0.2, -0.15) is 0 Å². The minimum absolute atomic E-state index is 0.773. The van der Waals surface area contributed by atoms with Crippen LogP contribution in [0.25, 0.3) is 11.0 Å². The first-order valence-electron chi connectivity index (χ1n) is 8.82. The van der Waals surface area contributed by atoms with Crippen LogP contribution >= 0.6 is 0 Å². The van der Waals surface area contributed by atoms with Crippen LogP contribution in [0.4, 0.5) is 5.82 Å². The highest BCUT2D eigenvalue weighted by Crippen LogP contribution is 2.29. The fourth-order valence-electron chi connectivity index (χ4n) is 3.77. The molecule has 2 aromatic heterocycles. The van der Waals surface area contributed by atoms with E-state index in [0.717, 1.165) is 47.4 Å². The van der Waals surface area contributed by atoms with Gasteiger partial charge in [-0.25, -0.2) is 9.97 Å². The largest absolute Gasteiger partial charge is 0.356 e. The lowest BCUT2D eigenvalue weighted by Gasteiger charge is -2.33. The summed E-state index contributed by atoms with van der Waals surface area (Å²) in [6.45, 7) is 6.20. The third kappa shape index (κ3) is 3.01. The van der Waals surface area contributed by atoms with Crippen LogP contribution in [0.1, 0.15) is 29.9 Å². The molecule has 1 aromatic carbocycles. The number of aromatic nitrogens is 3. The first-order valence-corrected chi connectivity index (χ1v) is 8.82. The van der Waals surface area contributed by atoms with Crippen molar-refractivity contribution in [2.45, 2.75) is 33.1 Å². The first kappa shape index (κ1) is 15.2. The number of anilines is 1. The number of aromatic amines is 1. The Morgan fingerprint density at radius 2 is 1.83 bits per heavy atom. The molecule has 0 radical (unpaired) electrons. The van der Waals surface area contributed by atoms with Gasteiger partial charge in [-0.1, -0.05) is 30.3 Å². The number of H-pyrrole nitrogens is 1. The molecule has 4 heteroatoms. The summed E-state index contributed by atoms with van der Waals surface area (Å²) in [5, 5.41) is 1.15. The smallest absolute Gasteiger partial charge is 0.143 e. The number of piperidine rings is 1. The molecule has 0 bridgehead atoms. The van der Waals surface area contributed by atoms with E-state index in [1.54, 1.807) is 0 Å². The number of aryl methyl sites for hydroxylation is 2. The van der Waals surface area contributed by atoms with Crippen molar-refractivity contribution in [3.63, 3.8) is 0 Å². The van der Waals surface area contributed by atoms with E-state index < -0.39 is 0 Å². The van der Waals surface area contributed by atoms with Crippen molar-refractivity contribution in [3.8, 4) is 0 Å². The molecule has 0 unspecified atom stereocenters. The summed E-state index contributed by atoms with van der Waals surface area (Å²) in [6.07, 6.45) is 3.64. The van der Waals surface area contributed by atoms with E-state index in [1.165, 1.54) is 24.8 Å². The molecule has 0 aliphatic carbocycles. The van der Waals surface area contributed by atoms with Gasteiger partial charge in [-0.15, -0.1) is 0 Å². The van der Waals surface area contributed by atoms with Crippen molar-refractivity contribution in [2.24, 2.45) is 5.92 Å². The molecule has 4 nitrogen and oxygen atoms in total. The summed E-state index contributed by atoms with van der Waals surface area (Å²) in [5.74, 6) is 2.71. The van der Waals surface area contributed by atoms with Crippen molar-refractivity contribution in [2.75, 3.05) is 18.0 Å². The third-order valence-corrected chi connectivity index (χ3v) is 5.00. The second-order valence-corrected chi connectivity index (χ2v) is 6.93. The number of benzene rings is 1. The van der Waals surface area contributed by atoms with Gasteiger partial charge in [0.1, 0.15) is 17.3 Å². The molecule has 124 valence electrons. The molecule has 24 heavy (non-hydrogen) atoms. The van der Waals surface area contributed by atoms with E-state index in [0.29, 0.717) is 0 Å². The van der Waals surface area contributed by atoms with Gasteiger partial charge in [0.25, 0.3) is 0 Å². The fraction of sp³-hybridized carbons (Fsp3) is 0.400. The predicted octanol–water partition coefficient (Wildman–Crippen LogP) is 4.03. The molecule has 0 spiro atoms. The molecule has 1 saturated heterocycles. The van der Waals surface area contributed by atoms with Gasteiger partial charge in [0.2, 0.25) is 0 Å². The minimum Gasteiger partial charge on any atom is -0.356 e. The standard InChI is InChI=1S/C20H24N4/c1-14-12-18-19(21-14)22-15(2)23-20(18)24-10-8-17(9-11-24)13-16-6-4-3-5-7-16/h3-7,12,17H,8-11,13H2,1-2H3,(H,21,22,23). The lowest BCUT2D eigenvalue weighted by atomic mass is 9.90. The minimum atomic E-state index is 0.773. The van der Waals surface area contributed by atoms with E-state index in [4.69, 9.17) is 4.98 Å². The van der Waals surface area contributed by atoms with Crippen molar-refractivity contribution < 1.29 is 0 Å². The first-order chi connectivity index (χ1) is 11.7. The molecule has 1 N–H and O–H groups in total. The maximum Gasteiger partial charge on any atom is 0.143 e. The van der Waals surface area contributed by atoms with E-state index in [-0.39, 0.29) is 0 Å². The van der Waals surface area contributed by atoms with Gasteiger partial charge in [-0.05, 0) is 50.7 Å². The summed E-state index contributed by atoms with van der Waals surface area (Å²) >= 11 is 0. The van der Waals surface area contributed by atoms with Crippen molar-refractivity contribution in [1.82, 2.24) is 15.0 Å². The van der Waals surface area contributed by atoms with Crippen LogP contribution in [-0.2, 0) is 6.42 Å². The van der Waals surface area contributed by atoms with Crippen LogP contribution in [0.5, 0.6) is 0 Å². The molecule has 3 heterocycles. The number of hydrogen-bond donors (Lipinski definition) is 1. The normalized spacial score (nSPS) is 16.0. The molecule has 3 aromatic rings. The molecule has 4 rings (SSSR count). The van der Waals surface area contributed by atoms with Crippen LogP contribution in [0.3, 0.4) is 0 Å². The Morgan fingerprint density at radius 3 is 2.58 bits per heavy atom. The second-order valence-electron chi connectivity index (χ2n) is 6.93. The number of hydrogen-bond acceptors (Lipinski definition) is 3. The summed E-state index contributed by atoms with van der Waals surface area (Å²) in [7, 11) is 0. The highest BCUT2D eigenvalue weighted by atomic mass is 15.2. The molecular weight excluding hydrogens is 296 g/mol. The zero-order valence-corrected chi connectivity index (χ0v) is 14.4. The Balaban J connectivity index is 1.50. The molecule has 1 fully saturated rings. The summed E-state index contributed by atoms with van der Waals surface area (Å²) in [5.41, 5.74) is 3.56. The van der Waals surface area contributed by atoms with Crippen LogP contribution in [0.2, 0.25) is 0 Å². The van der Waals surface area contributed by atoms with Crippen molar-refractivity contribution in [1.29, 1.82) is 0 Å². The monoisotopic (exact) mass is 320 g/mol. The van der Waals surface area contributed by atoms with Gasteiger partial charge in [0, 0.05) is 18.8 Å². The molecule has 0 atom stereocenters. The van der Waals surface area contributed by atoms with Crippen molar-refractivity contribution >= 4 is 16.9 Å². The van der Waals surface area contributed by atoms with Gasteiger partial charge in [-0.3, -0.25) is 0 Å². The Labute approximate surface area is 142 Å². The molecule has 0 amide bonds. The Hall–Kier alpha value is -2.36. The maximum atomic E-state index is 4.74. The van der Waals surface area contributed by atoms with E-state index in [2.05, 4.69) is 58.2 Å². The summed E-state index contributed by atoms with van der Waals surface area (Å²) in [6, 6.07) is 13.0. The highest BCUT2D eigenvalue weighted by Gasteiger charge is 2.22. The highest BCUT2D eigenvalue weighted by molar-refractivity contribution is 5.88. The Kier molecular flexibility index (Phi) is 3.97. The Bertz CT molecular complexity index is 829. The average Bonchev–Trinajstić information content (AvgIpc) is 2.96. The topological polar surface area (TPSA) is 44.8 Å². The fourth-order valence-corrected chi connectivity index (χ4v) is 3.77. The lowest BCUT2D eigenvalue weighted by molar-refractivity contribution is 0.402. The van der Waals surface area contributed by atoms with Crippen LogP contribution < -0.4 is 4.90 Å². The zero-order valence-electron chi connectivity index (χ0n) is 14.4. The molecule has 1 aliphatic rings. The molecular formula is C20H24N4. The van der Waals surface area contributed by atoms with Crippen LogP contribution in [-0.4, -0.2) is 28.0 Å². The van der Waals surface area contributed by atoms with Crippen LogP contribution in [0.15, 0.2) is 36.4 Å². The van der Waals surface area contributed by atoms with Gasteiger partial charge >= 0.3 is 0 Å². The second kappa shape index (κ2) is 6.27. The van der Waals surface area contributed by atoms with E-state index in [1.807, 2.05) is 6.92 Å². The average molecular weight is 320 g/mol. The van der Waals surface area contributed by atoms with E-state index >= 15 is 0 Å². The Morgan fingerprint density at radius 1 is 1.08 bits per heavy atom. The number of nitrogens with one attached hydrogen (secondary N) is 1. The SMILES string of the molecule is Cc1nc(N2CCC(Cc3ccccc3)CC2)c2cc(C)[nH]c2n1. The summed E-state index contributed by atoms with van der Waals surface area (Å²) in [4.78, 5) is 15.1. The van der Waals surface area contributed by atoms with Crippen LogP contribution in [0, 0.1) is 19.8 Å².